The first kappa shape index (κ1) is 14.2. The van der Waals surface area contributed by atoms with Crippen molar-refractivity contribution in [3.8, 4) is 0 Å². The lowest BCUT2D eigenvalue weighted by molar-refractivity contribution is 0.0990. The average molecular weight is 253 g/mol. The van der Waals surface area contributed by atoms with Gasteiger partial charge in [0.15, 0.2) is 5.78 Å². The second-order valence-corrected chi connectivity index (χ2v) is 5.79. The minimum Gasteiger partial charge on any atom is -0.293 e. The van der Waals surface area contributed by atoms with Gasteiger partial charge < -0.3 is 0 Å². The van der Waals surface area contributed by atoms with Gasteiger partial charge in [0.2, 0.25) is 0 Å². The number of benzene rings is 1. The van der Waals surface area contributed by atoms with Gasteiger partial charge in [-0.05, 0) is 29.9 Å². The molecule has 0 N–H and O–H groups in total. The van der Waals surface area contributed by atoms with E-state index in [4.69, 9.17) is 11.6 Å². The Labute approximate surface area is 109 Å². The number of ketones is 1. The highest BCUT2D eigenvalue weighted by Gasteiger charge is 2.18. The van der Waals surface area contributed by atoms with Crippen LogP contribution in [0.25, 0.3) is 0 Å². The number of rotatable bonds is 4. The van der Waals surface area contributed by atoms with Crippen molar-refractivity contribution in [3.63, 3.8) is 0 Å². The Hall–Kier alpha value is -0.820. The van der Waals surface area contributed by atoms with Crippen LogP contribution in [0, 0.1) is 0 Å². The highest BCUT2D eigenvalue weighted by atomic mass is 35.5. The lowest BCUT2D eigenvalue weighted by atomic mass is 9.89. The molecule has 0 amide bonds. The van der Waals surface area contributed by atoms with E-state index in [0.29, 0.717) is 11.8 Å². The van der Waals surface area contributed by atoms with Crippen LogP contribution < -0.4 is 0 Å². The number of alkyl halides is 1. The molecule has 1 aromatic carbocycles. The Morgan fingerprint density at radius 2 is 1.65 bits per heavy atom. The molecule has 0 aliphatic heterocycles. The quantitative estimate of drug-likeness (QED) is 0.559. The number of hydrogen-bond donors (Lipinski definition) is 0. The van der Waals surface area contributed by atoms with E-state index in [-0.39, 0.29) is 5.78 Å². The lowest BCUT2D eigenvalue weighted by Crippen LogP contribution is -2.14. The van der Waals surface area contributed by atoms with Gasteiger partial charge in [-0.1, -0.05) is 45.9 Å². The highest BCUT2D eigenvalue weighted by Crippen LogP contribution is 2.26. The normalized spacial score (nSPS) is 13.2. The molecule has 94 valence electrons. The summed E-state index contributed by atoms with van der Waals surface area (Å²) in [6.45, 7) is 10.3. The number of carbonyl (C=O) groups is 1. The van der Waals surface area contributed by atoms with E-state index in [1.165, 1.54) is 5.56 Å². The topological polar surface area (TPSA) is 17.1 Å². The molecule has 17 heavy (non-hydrogen) atoms. The molecule has 0 saturated heterocycles. The van der Waals surface area contributed by atoms with Gasteiger partial charge in [-0.25, -0.2) is 0 Å². The molecule has 0 bridgehead atoms. The third-order valence-electron chi connectivity index (χ3n) is 2.99. The van der Waals surface area contributed by atoms with Crippen molar-refractivity contribution in [3.05, 3.63) is 34.9 Å². The number of carbonyl (C=O) groups excluding carboxylic acids is 1. The third kappa shape index (κ3) is 3.32. The van der Waals surface area contributed by atoms with Crippen molar-refractivity contribution in [2.75, 3.05) is 0 Å². The molecule has 1 aromatic rings. The van der Waals surface area contributed by atoms with Crippen LogP contribution in [0.3, 0.4) is 0 Å². The first-order valence-corrected chi connectivity index (χ1v) is 6.60. The van der Waals surface area contributed by atoms with Crippen LogP contribution in [0.4, 0.5) is 0 Å². The van der Waals surface area contributed by atoms with Crippen LogP contribution in [0.5, 0.6) is 0 Å². The molecular formula is C15H21ClO. The zero-order valence-electron chi connectivity index (χ0n) is 11.3. The number of hydrogen-bond acceptors (Lipinski definition) is 1. The molecule has 0 heterocycles. The van der Waals surface area contributed by atoms with E-state index in [1.807, 2.05) is 12.1 Å². The van der Waals surface area contributed by atoms with E-state index in [9.17, 15) is 4.79 Å². The summed E-state index contributed by atoms with van der Waals surface area (Å²) in [5.74, 6) is 0.832. The number of halogens is 1. The summed E-state index contributed by atoms with van der Waals surface area (Å²) in [6.07, 6.45) is 0. The van der Waals surface area contributed by atoms with Crippen LogP contribution >= 0.6 is 11.6 Å². The highest BCUT2D eigenvalue weighted by molar-refractivity contribution is 6.33. The minimum atomic E-state index is -0.461. The summed E-state index contributed by atoms with van der Waals surface area (Å²) >= 11 is 5.89. The lowest BCUT2D eigenvalue weighted by Gasteiger charge is -2.16. The van der Waals surface area contributed by atoms with E-state index >= 15 is 0 Å². The molecule has 0 fully saturated rings. The van der Waals surface area contributed by atoms with Crippen LogP contribution in [-0.2, 0) is 0 Å². The maximum Gasteiger partial charge on any atom is 0.180 e. The van der Waals surface area contributed by atoms with Gasteiger partial charge >= 0.3 is 0 Å². The molecule has 0 aromatic heterocycles. The van der Waals surface area contributed by atoms with Gasteiger partial charge in [0.05, 0.1) is 5.38 Å². The van der Waals surface area contributed by atoms with Gasteiger partial charge in [0, 0.05) is 5.56 Å². The second kappa shape index (κ2) is 5.68. The molecule has 0 aliphatic carbocycles. The summed E-state index contributed by atoms with van der Waals surface area (Å²) < 4.78 is 0. The monoisotopic (exact) mass is 252 g/mol. The van der Waals surface area contributed by atoms with Crippen molar-refractivity contribution >= 4 is 17.4 Å². The smallest absolute Gasteiger partial charge is 0.180 e. The van der Waals surface area contributed by atoms with Crippen molar-refractivity contribution < 1.29 is 4.79 Å². The Balaban J connectivity index is 3.27. The van der Waals surface area contributed by atoms with Crippen LogP contribution in [-0.4, -0.2) is 11.2 Å². The van der Waals surface area contributed by atoms with E-state index < -0.39 is 5.38 Å². The van der Waals surface area contributed by atoms with E-state index in [2.05, 4.69) is 33.8 Å². The summed E-state index contributed by atoms with van der Waals surface area (Å²) in [5, 5.41) is -0.461. The fraction of sp³-hybridized carbons (Fsp3) is 0.533. The first-order chi connectivity index (χ1) is 7.84. The molecule has 0 unspecified atom stereocenters. The molecule has 0 spiro atoms. The molecule has 1 nitrogen and oxygen atoms in total. The molecular weight excluding hydrogens is 232 g/mol. The third-order valence-corrected chi connectivity index (χ3v) is 3.19. The SMILES string of the molecule is CC(C)c1ccc(C(=O)[C@H](C)Cl)c(C(C)C)c1. The minimum absolute atomic E-state index is 0.0191. The average Bonchev–Trinajstić information content (AvgIpc) is 2.26. The first-order valence-electron chi connectivity index (χ1n) is 6.16. The Kier molecular flexibility index (Phi) is 4.76. The van der Waals surface area contributed by atoms with Crippen molar-refractivity contribution in [1.82, 2.24) is 0 Å². The molecule has 0 aliphatic rings. The standard InChI is InChI=1S/C15H21ClO/c1-9(2)12-6-7-13(15(17)11(5)16)14(8-12)10(3)4/h6-11H,1-5H3/t11-/m0/s1. The summed E-state index contributed by atoms with van der Waals surface area (Å²) in [4.78, 5) is 12.0. The van der Waals surface area contributed by atoms with Gasteiger partial charge in [-0.3, -0.25) is 4.79 Å². The van der Waals surface area contributed by atoms with Crippen LogP contribution in [0.15, 0.2) is 18.2 Å². The molecule has 0 saturated carbocycles. The molecule has 2 heteroatoms. The fourth-order valence-electron chi connectivity index (χ4n) is 1.86. The summed E-state index contributed by atoms with van der Waals surface area (Å²) in [7, 11) is 0. The zero-order valence-corrected chi connectivity index (χ0v) is 12.0. The molecule has 1 atom stereocenters. The van der Waals surface area contributed by atoms with E-state index in [0.717, 1.165) is 11.1 Å². The zero-order chi connectivity index (χ0) is 13.2. The van der Waals surface area contributed by atoms with Gasteiger partial charge in [-0.15, -0.1) is 11.6 Å². The molecule has 1 rings (SSSR count). The summed E-state index contributed by atoms with van der Waals surface area (Å²) in [6, 6.07) is 6.09. The van der Waals surface area contributed by atoms with E-state index in [1.54, 1.807) is 6.92 Å². The van der Waals surface area contributed by atoms with Gasteiger partial charge in [0.1, 0.15) is 0 Å². The second-order valence-electron chi connectivity index (χ2n) is 5.14. The van der Waals surface area contributed by atoms with Crippen LogP contribution in [0.2, 0.25) is 0 Å². The Bertz CT molecular complexity index is 405. The van der Waals surface area contributed by atoms with Gasteiger partial charge in [0.25, 0.3) is 0 Å². The van der Waals surface area contributed by atoms with Crippen molar-refractivity contribution in [2.45, 2.75) is 51.8 Å². The maximum atomic E-state index is 12.0. The van der Waals surface area contributed by atoms with Crippen LogP contribution in [0.1, 0.15) is 67.9 Å². The van der Waals surface area contributed by atoms with Crippen molar-refractivity contribution in [1.29, 1.82) is 0 Å². The fourth-order valence-corrected chi connectivity index (χ4v) is 1.97. The Morgan fingerprint density at radius 3 is 2.06 bits per heavy atom. The summed E-state index contributed by atoms with van der Waals surface area (Å²) in [5.41, 5.74) is 3.15. The Morgan fingerprint density at radius 1 is 1.06 bits per heavy atom. The predicted octanol–water partition coefficient (Wildman–Crippen LogP) is 4.74. The van der Waals surface area contributed by atoms with Crippen molar-refractivity contribution in [2.24, 2.45) is 0 Å². The van der Waals surface area contributed by atoms with Gasteiger partial charge in [-0.2, -0.15) is 0 Å². The largest absolute Gasteiger partial charge is 0.293 e. The number of Topliss-reactive ketones (excluding diaryl/α,β-unsaturated/α-hetero) is 1. The maximum absolute atomic E-state index is 12.0. The predicted molar refractivity (Wildman–Crippen MR) is 74.3 cm³/mol. The molecule has 0 radical (unpaired) electrons.